The van der Waals surface area contributed by atoms with Gasteiger partial charge in [0.15, 0.2) is 10.8 Å². The number of hydrogen-bond acceptors (Lipinski definition) is 6. The Labute approximate surface area is 158 Å². The van der Waals surface area contributed by atoms with Gasteiger partial charge >= 0.3 is 5.97 Å². The fourth-order valence-corrected chi connectivity index (χ4v) is 3.96. The van der Waals surface area contributed by atoms with Crippen LogP contribution in [0.15, 0.2) is 24.3 Å². The van der Waals surface area contributed by atoms with Gasteiger partial charge in [-0.1, -0.05) is 41.1 Å². The smallest absolute Gasteiger partial charge is 0.358 e. The average Bonchev–Trinajstić information content (AvgIpc) is 3.18. The minimum Gasteiger partial charge on any atom is -0.464 e. The SMILES string of the molecule is COC(=O)c1nc(NC(=O)[C@@H]2CC(=O)N(C)C2)sc1-c1ccccc1Cl. The van der Waals surface area contributed by atoms with Crippen molar-refractivity contribution in [1.82, 2.24) is 9.88 Å². The zero-order chi connectivity index (χ0) is 18.8. The predicted octanol–water partition coefficient (Wildman–Crippen LogP) is 2.67. The number of nitrogens with zero attached hydrogens (tertiary/aromatic N) is 2. The monoisotopic (exact) mass is 393 g/mol. The average molecular weight is 394 g/mol. The molecule has 3 rings (SSSR count). The summed E-state index contributed by atoms with van der Waals surface area (Å²) in [6.07, 6.45) is 0.162. The van der Waals surface area contributed by atoms with E-state index in [4.69, 9.17) is 16.3 Å². The Bertz CT molecular complexity index is 883. The van der Waals surface area contributed by atoms with Crippen molar-refractivity contribution in [3.05, 3.63) is 35.0 Å². The maximum absolute atomic E-state index is 12.4. The lowest BCUT2D eigenvalue weighted by molar-refractivity contribution is -0.127. The van der Waals surface area contributed by atoms with E-state index in [0.29, 0.717) is 22.0 Å². The number of anilines is 1. The summed E-state index contributed by atoms with van der Waals surface area (Å²) in [4.78, 5) is 42.3. The molecule has 0 aliphatic carbocycles. The van der Waals surface area contributed by atoms with Crippen molar-refractivity contribution < 1.29 is 19.1 Å². The number of ether oxygens (including phenoxy) is 1. The molecular formula is C17H16ClN3O4S. The quantitative estimate of drug-likeness (QED) is 0.807. The Hall–Kier alpha value is -2.45. The van der Waals surface area contributed by atoms with Crippen LogP contribution in [0, 0.1) is 5.92 Å². The summed E-state index contributed by atoms with van der Waals surface area (Å²) in [5.74, 6) is -1.44. The summed E-state index contributed by atoms with van der Waals surface area (Å²) in [7, 11) is 2.92. The number of aromatic nitrogens is 1. The summed E-state index contributed by atoms with van der Waals surface area (Å²) in [5.41, 5.74) is 0.712. The van der Waals surface area contributed by atoms with Gasteiger partial charge in [0, 0.05) is 30.6 Å². The van der Waals surface area contributed by atoms with Crippen LogP contribution >= 0.6 is 22.9 Å². The number of thiazole rings is 1. The van der Waals surface area contributed by atoms with Crippen LogP contribution in [0.5, 0.6) is 0 Å². The number of amides is 2. The number of methoxy groups -OCH3 is 1. The molecule has 2 amide bonds. The summed E-state index contributed by atoms with van der Waals surface area (Å²) >= 11 is 7.36. The van der Waals surface area contributed by atoms with Gasteiger partial charge in [0.1, 0.15) is 0 Å². The highest BCUT2D eigenvalue weighted by molar-refractivity contribution is 7.19. The van der Waals surface area contributed by atoms with Crippen LogP contribution in [0.4, 0.5) is 5.13 Å². The molecule has 1 aromatic heterocycles. The molecule has 1 aliphatic rings. The highest BCUT2D eigenvalue weighted by Crippen LogP contribution is 2.37. The molecule has 0 bridgehead atoms. The molecule has 1 saturated heterocycles. The number of rotatable bonds is 4. The molecule has 136 valence electrons. The fourth-order valence-electron chi connectivity index (χ4n) is 2.68. The van der Waals surface area contributed by atoms with Gasteiger partial charge in [-0.15, -0.1) is 0 Å². The molecule has 1 aromatic carbocycles. The number of hydrogen-bond donors (Lipinski definition) is 1. The van der Waals surface area contributed by atoms with Gasteiger partial charge in [0.2, 0.25) is 11.8 Å². The van der Waals surface area contributed by atoms with Crippen LogP contribution in [-0.4, -0.2) is 48.4 Å². The highest BCUT2D eigenvalue weighted by Gasteiger charge is 2.33. The van der Waals surface area contributed by atoms with E-state index in [-0.39, 0.29) is 29.1 Å². The van der Waals surface area contributed by atoms with Crippen molar-refractivity contribution >= 4 is 45.9 Å². The van der Waals surface area contributed by atoms with Crippen molar-refractivity contribution in [2.24, 2.45) is 5.92 Å². The first-order chi connectivity index (χ1) is 12.4. The summed E-state index contributed by atoms with van der Waals surface area (Å²) < 4.78 is 4.78. The molecule has 2 heterocycles. The topological polar surface area (TPSA) is 88.6 Å². The summed E-state index contributed by atoms with van der Waals surface area (Å²) in [6, 6.07) is 7.04. The van der Waals surface area contributed by atoms with Crippen molar-refractivity contribution in [2.75, 3.05) is 26.0 Å². The van der Waals surface area contributed by atoms with Crippen molar-refractivity contribution in [3.8, 4) is 10.4 Å². The number of esters is 1. The van der Waals surface area contributed by atoms with E-state index in [1.54, 1.807) is 31.3 Å². The molecule has 1 aliphatic heterocycles. The highest BCUT2D eigenvalue weighted by atomic mass is 35.5. The molecule has 26 heavy (non-hydrogen) atoms. The summed E-state index contributed by atoms with van der Waals surface area (Å²) in [5, 5.41) is 3.41. The first kappa shape index (κ1) is 18.3. The zero-order valence-corrected chi connectivity index (χ0v) is 15.7. The normalized spacial score (nSPS) is 16.7. The largest absolute Gasteiger partial charge is 0.464 e. The van der Waals surface area contributed by atoms with Crippen LogP contribution in [-0.2, 0) is 14.3 Å². The first-order valence-corrected chi connectivity index (χ1v) is 8.99. The van der Waals surface area contributed by atoms with Gasteiger partial charge in [-0.2, -0.15) is 0 Å². The maximum Gasteiger partial charge on any atom is 0.358 e. The van der Waals surface area contributed by atoms with Crippen molar-refractivity contribution in [1.29, 1.82) is 0 Å². The fraction of sp³-hybridized carbons (Fsp3) is 0.294. The lowest BCUT2D eigenvalue weighted by Gasteiger charge is -2.09. The first-order valence-electron chi connectivity index (χ1n) is 7.79. The van der Waals surface area contributed by atoms with E-state index in [1.165, 1.54) is 12.0 Å². The molecule has 1 N–H and O–H groups in total. The third-order valence-electron chi connectivity index (χ3n) is 4.07. The number of carbonyl (C=O) groups is 3. The van der Waals surface area contributed by atoms with Crippen LogP contribution in [0.3, 0.4) is 0 Å². The van der Waals surface area contributed by atoms with Gasteiger partial charge in [-0.3, -0.25) is 9.59 Å². The second-order valence-corrected chi connectivity index (χ2v) is 7.24. The molecule has 0 spiro atoms. The Balaban J connectivity index is 1.89. The van der Waals surface area contributed by atoms with Gasteiger partial charge in [0.25, 0.3) is 0 Å². The van der Waals surface area contributed by atoms with Gasteiger partial charge in [-0.25, -0.2) is 9.78 Å². The van der Waals surface area contributed by atoms with Crippen molar-refractivity contribution in [2.45, 2.75) is 6.42 Å². The molecule has 9 heteroatoms. The van der Waals surface area contributed by atoms with Gasteiger partial charge in [0.05, 0.1) is 17.9 Å². The van der Waals surface area contributed by atoms with E-state index in [9.17, 15) is 14.4 Å². The number of halogens is 1. The van der Waals surface area contributed by atoms with Crippen LogP contribution < -0.4 is 5.32 Å². The van der Waals surface area contributed by atoms with Gasteiger partial charge in [-0.05, 0) is 6.07 Å². The standard InChI is InChI=1S/C17H16ClN3O4S/c1-21-8-9(7-12(21)22)15(23)20-17-19-13(16(24)25-2)14(26-17)10-5-3-4-6-11(10)18/h3-6,9H,7-8H2,1-2H3,(H,19,20,23)/t9-/m1/s1. The third kappa shape index (κ3) is 3.56. The Kier molecular flexibility index (Phi) is 5.24. The van der Waals surface area contributed by atoms with E-state index in [0.717, 1.165) is 11.3 Å². The second kappa shape index (κ2) is 7.43. The van der Waals surface area contributed by atoms with Crippen LogP contribution in [0.2, 0.25) is 5.02 Å². The molecule has 0 saturated carbocycles. The number of likely N-dealkylation sites (tertiary alicyclic amines) is 1. The molecule has 2 aromatic rings. The molecule has 0 unspecified atom stereocenters. The number of carbonyl (C=O) groups excluding carboxylic acids is 3. The predicted molar refractivity (Wildman–Crippen MR) is 98.3 cm³/mol. The molecule has 1 fully saturated rings. The van der Waals surface area contributed by atoms with Crippen LogP contribution in [0.1, 0.15) is 16.9 Å². The Morgan fingerprint density at radius 2 is 2.12 bits per heavy atom. The van der Waals surface area contributed by atoms with Crippen LogP contribution in [0.25, 0.3) is 10.4 Å². The van der Waals surface area contributed by atoms with E-state index >= 15 is 0 Å². The molecule has 1 atom stereocenters. The van der Waals surface area contributed by atoms with E-state index in [1.807, 2.05) is 0 Å². The minimum absolute atomic E-state index is 0.0729. The molecular weight excluding hydrogens is 378 g/mol. The van der Waals surface area contributed by atoms with E-state index in [2.05, 4.69) is 10.3 Å². The zero-order valence-electron chi connectivity index (χ0n) is 14.1. The number of benzene rings is 1. The lowest BCUT2D eigenvalue weighted by atomic mass is 10.1. The van der Waals surface area contributed by atoms with Crippen molar-refractivity contribution in [3.63, 3.8) is 0 Å². The lowest BCUT2D eigenvalue weighted by Crippen LogP contribution is -2.25. The maximum atomic E-state index is 12.4. The Morgan fingerprint density at radius 3 is 2.73 bits per heavy atom. The Morgan fingerprint density at radius 1 is 1.38 bits per heavy atom. The van der Waals surface area contributed by atoms with E-state index < -0.39 is 11.9 Å². The van der Waals surface area contributed by atoms with Gasteiger partial charge < -0.3 is 15.0 Å². The molecule has 7 nitrogen and oxygen atoms in total. The molecule has 0 radical (unpaired) electrons. The third-order valence-corrected chi connectivity index (χ3v) is 5.40. The minimum atomic E-state index is -0.618. The summed E-state index contributed by atoms with van der Waals surface area (Å²) in [6.45, 7) is 0.358. The number of nitrogens with one attached hydrogen (secondary N) is 1. The second-order valence-electron chi connectivity index (χ2n) is 5.83.